The maximum Gasteiger partial charge on any atom is 0.328 e. The van der Waals surface area contributed by atoms with Gasteiger partial charge in [-0.05, 0) is 19.8 Å². The van der Waals surface area contributed by atoms with Crippen LogP contribution >= 0.6 is 0 Å². The topological polar surface area (TPSA) is 54.9 Å². The van der Waals surface area contributed by atoms with Gasteiger partial charge in [-0.15, -0.1) is 12.3 Å². The monoisotopic (exact) mass is 248 g/mol. The number of aryl methyl sites for hydroxylation is 2. The lowest BCUT2D eigenvalue weighted by molar-refractivity contribution is 0.545. The van der Waals surface area contributed by atoms with Crippen LogP contribution in [0.3, 0.4) is 0 Å². The van der Waals surface area contributed by atoms with Crippen LogP contribution < -0.4 is 11.2 Å². The standard InChI is InChI=1S/C14H20N2O2/c1-3-4-5-6-7-8-9-10-16-11-12(2)13(17)15-14(16)18/h1,11H,4-10H2,2H3,(H,15,17,18). The number of aromatic amines is 1. The van der Waals surface area contributed by atoms with Gasteiger partial charge in [0.15, 0.2) is 0 Å². The largest absolute Gasteiger partial charge is 0.328 e. The minimum atomic E-state index is -0.321. The summed E-state index contributed by atoms with van der Waals surface area (Å²) in [5.74, 6) is 2.62. The summed E-state index contributed by atoms with van der Waals surface area (Å²) in [4.78, 5) is 25.0. The second-order valence-electron chi connectivity index (χ2n) is 4.49. The van der Waals surface area contributed by atoms with E-state index in [1.165, 1.54) is 0 Å². The van der Waals surface area contributed by atoms with Gasteiger partial charge in [-0.3, -0.25) is 9.78 Å². The Hall–Kier alpha value is -1.76. The van der Waals surface area contributed by atoms with E-state index in [-0.39, 0.29) is 11.2 Å². The van der Waals surface area contributed by atoms with Crippen LogP contribution in [0.25, 0.3) is 0 Å². The van der Waals surface area contributed by atoms with E-state index in [4.69, 9.17) is 6.42 Å². The van der Waals surface area contributed by atoms with E-state index in [1.807, 2.05) is 0 Å². The highest BCUT2D eigenvalue weighted by atomic mass is 16.2. The summed E-state index contributed by atoms with van der Waals surface area (Å²) in [5, 5.41) is 0. The molecule has 0 unspecified atom stereocenters. The molecule has 0 amide bonds. The van der Waals surface area contributed by atoms with Crippen molar-refractivity contribution in [3.63, 3.8) is 0 Å². The second-order valence-corrected chi connectivity index (χ2v) is 4.49. The number of hydrogen-bond donors (Lipinski definition) is 1. The zero-order valence-corrected chi connectivity index (χ0v) is 10.9. The second kappa shape index (κ2) is 7.54. The van der Waals surface area contributed by atoms with Gasteiger partial charge in [0.2, 0.25) is 0 Å². The molecule has 1 heterocycles. The summed E-state index contributed by atoms with van der Waals surface area (Å²) < 4.78 is 1.57. The maximum atomic E-state index is 11.5. The molecule has 98 valence electrons. The number of unbranched alkanes of at least 4 members (excludes halogenated alkanes) is 5. The van der Waals surface area contributed by atoms with Gasteiger partial charge in [-0.2, -0.15) is 0 Å². The van der Waals surface area contributed by atoms with Crippen molar-refractivity contribution in [1.82, 2.24) is 9.55 Å². The average Bonchev–Trinajstić information content (AvgIpc) is 2.34. The Morgan fingerprint density at radius 3 is 2.61 bits per heavy atom. The lowest BCUT2D eigenvalue weighted by atomic mass is 10.1. The van der Waals surface area contributed by atoms with Crippen molar-refractivity contribution in [3.05, 3.63) is 32.6 Å². The Morgan fingerprint density at radius 1 is 1.22 bits per heavy atom. The fourth-order valence-corrected chi connectivity index (χ4v) is 1.82. The molecule has 1 aromatic rings. The number of terminal acetylenes is 1. The first-order valence-electron chi connectivity index (χ1n) is 6.39. The third-order valence-electron chi connectivity index (χ3n) is 2.91. The molecule has 0 saturated carbocycles. The Bertz CT molecular complexity index is 520. The lowest BCUT2D eigenvalue weighted by Crippen LogP contribution is -2.30. The first-order valence-corrected chi connectivity index (χ1v) is 6.39. The van der Waals surface area contributed by atoms with Crippen LogP contribution in [-0.4, -0.2) is 9.55 Å². The highest BCUT2D eigenvalue weighted by Gasteiger charge is 2.00. The van der Waals surface area contributed by atoms with E-state index in [1.54, 1.807) is 17.7 Å². The van der Waals surface area contributed by atoms with Crippen molar-refractivity contribution in [2.75, 3.05) is 0 Å². The van der Waals surface area contributed by atoms with Crippen LogP contribution in [0, 0.1) is 19.3 Å². The molecule has 4 heteroatoms. The summed E-state index contributed by atoms with van der Waals surface area (Å²) >= 11 is 0. The summed E-state index contributed by atoms with van der Waals surface area (Å²) in [7, 11) is 0. The minimum absolute atomic E-state index is 0.300. The van der Waals surface area contributed by atoms with E-state index >= 15 is 0 Å². The fraction of sp³-hybridized carbons (Fsp3) is 0.571. The smallest absolute Gasteiger partial charge is 0.300 e. The van der Waals surface area contributed by atoms with Crippen LogP contribution in [0.5, 0.6) is 0 Å². The Morgan fingerprint density at radius 2 is 1.89 bits per heavy atom. The van der Waals surface area contributed by atoms with Gasteiger partial charge in [0, 0.05) is 24.7 Å². The zero-order valence-electron chi connectivity index (χ0n) is 10.9. The first-order chi connectivity index (χ1) is 8.65. The zero-order chi connectivity index (χ0) is 13.4. The van der Waals surface area contributed by atoms with E-state index in [9.17, 15) is 9.59 Å². The number of rotatable bonds is 7. The van der Waals surface area contributed by atoms with Gasteiger partial charge in [0.05, 0.1) is 0 Å². The SMILES string of the molecule is C#CCCCCCCCn1cc(C)c(=O)[nH]c1=O. The summed E-state index contributed by atoms with van der Waals surface area (Å²) in [6.45, 7) is 2.36. The van der Waals surface area contributed by atoms with Crippen LogP contribution in [-0.2, 0) is 6.54 Å². The van der Waals surface area contributed by atoms with Crippen LogP contribution in [0.4, 0.5) is 0 Å². The number of nitrogens with one attached hydrogen (secondary N) is 1. The molecule has 1 N–H and O–H groups in total. The molecule has 18 heavy (non-hydrogen) atoms. The predicted octanol–water partition coefficient (Wildman–Crippen LogP) is 1.82. The van der Waals surface area contributed by atoms with Gasteiger partial charge in [-0.25, -0.2) is 4.79 Å². The van der Waals surface area contributed by atoms with E-state index in [2.05, 4.69) is 10.9 Å². The molecule has 1 aromatic heterocycles. The van der Waals surface area contributed by atoms with Gasteiger partial charge in [0.1, 0.15) is 0 Å². The van der Waals surface area contributed by atoms with Gasteiger partial charge in [-0.1, -0.05) is 19.3 Å². The van der Waals surface area contributed by atoms with Crippen molar-refractivity contribution in [3.8, 4) is 12.3 Å². The average molecular weight is 248 g/mol. The predicted molar refractivity (Wildman–Crippen MR) is 72.6 cm³/mol. The van der Waals surface area contributed by atoms with Crippen molar-refractivity contribution in [2.45, 2.75) is 52.0 Å². The summed E-state index contributed by atoms with van der Waals surface area (Å²) in [5.41, 5.74) is -0.0490. The molecule has 0 atom stereocenters. The third-order valence-corrected chi connectivity index (χ3v) is 2.91. The molecule has 0 aromatic carbocycles. The van der Waals surface area contributed by atoms with Crippen LogP contribution in [0.2, 0.25) is 0 Å². The first kappa shape index (κ1) is 14.3. The maximum absolute atomic E-state index is 11.5. The molecular weight excluding hydrogens is 228 g/mol. The number of hydrogen-bond acceptors (Lipinski definition) is 2. The molecule has 0 aliphatic carbocycles. The molecule has 0 aliphatic rings. The fourth-order valence-electron chi connectivity index (χ4n) is 1.82. The minimum Gasteiger partial charge on any atom is -0.300 e. The normalized spacial score (nSPS) is 10.2. The molecular formula is C14H20N2O2. The number of H-pyrrole nitrogens is 1. The van der Waals surface area contributed by atoms with Crippen molar-refractivity contribution < 1.29 is 0 Å². The van der Waals surface area contributed by atoms with Crippen molar-refractivity contribution >= 4 is 0 Å². The van der Waals surface area contributed by atoms with Crippen LogP contribution in [0.1, 0.15) is 44.1 Å². The van der Waals surface area contributed by atoms with Gasteiger partial charge >= 0.3 is 5.69 Å². The molecule has 1 rings (SSSR count). The number of aromatic nitrogens is 2. The molecule has 0 aliphatic heterocycles. The Labute approximate surface area is 107 Å². The molecule has 4 nitrogen and oxygen atoms in total. The molecule has 0 fully saturated rings. The highest BCUT2D eigenvalue weighted by Crippen LogP contribution is 2.05. The number of nitrogens with zero attached hydrogens (tertiary/aromatic N) is 1. The van der Waals surface area contributed by atoms with E-state index in [0.717, 1.165) is 38.5 Å². The summed E-state index contributed by atoms with van der Waals surface area (Å²) in [6, 6.07) is 0. The summed E-state index contributed by atoms with van der Waals surface area (Å²) in [6.07, 6.45) is 13.0. The van der Waals surface area contributed by atoms with E-state index < -0.39 is 0 Å². The quantitative estimate of drug-likeness (QED) is 0.591. The molecule has 0 bridgehead atoms. The molecule has 0 spiro atoms. The highest BCUT2D eigenvalue weighted by molar-refractivity contribution is 5.00. The lowest BCUT2D eigenvalue weighted by Gasteiger charge is -2.05. The molecule has 0 saturated heterocycles. The van der Waals surface area contributed by atoms with E-state index in [0.29, 0.717) is 12.1 Å². The van der Waals surface area contributed by atoms with Gasteiger partial charge in [0.25, 0.3) is 5.56 Å². The van der Waals surface area contributed by atoms with Crippen molar-refractivity contribution in [1.29, 1.82) is 0 Å². The third kappa shape index (κ3) is 4.62. The molecule has 0 radical (unpaired) electrons. The Balaban J connectivity index is 2.32. The van der Waals surface area contributed by atoms with Crippen molar-refractivity contribution in [2.24, 2.45) is 0 Å². The Kier molecular flexibility index (Phi) is 5.99. The van der Waals surface area contributed by atoms with Gasteiger partial charge < -0.3 is 4.57 Å². The van der Waals surface area contributed by atoms with Crippen LogP contribution in [0.15, 0.2) is 15.8 Å².